The summed E-state index contributed by atoms with van der Waals surface area (Å²) in [7, 11) is -3.55. The standard InChI is InChI=1S/C29H33N5O3S.H4N2/c1-16(2)38(35,36)23-8-6-5-7-20(23)26-25-18(4)33-34-29(25)32-28(31-26)22-15-17(3)24(19-9-12-30-13-10-19)21-11-14-37-27(21)22;1-2/h5-8,15-16,19,30H,9-14H2,1-4H3,(H,31,32,33,34);1-2H2. The van der Waals surface area contributed by atoms with E-state index in [1.165, 1.54) is 16.7 Å². The summed E-state index contributed by atoms with van der Waals surface area (Å²) in [6.45, 7) is 10.2. The van der Waals surface area contributed by atoms with E-state index in [0.29, 0.717) is 35.3 Å². The van der Waals surface area contributed by atoms with Crippen LogP contribution in [0.25, 0.3) is 33.7 Å². The molecule has 10 nitrogen and oxygen atoms in total. The van der Waals surface area contributed by atoms with E-state index < -0.39 is 15.1 Å². The van der Waals surface area contributed by atoms with Crippen LogP contribution in [-0.4, -0.2) is 53.5 Å². The third kappa shape index (κ3) is 4.77. The van der Waals surface area contributed by atoms with E-state index >= 15 is 0 Å². The topological polar surface area (TPSA) is 162 Å². The highest BCUT2D eigenvalue weighted by Crippen LogP contribution is 2.45. The maximum atomic E-state index is 13.3. The van der Waals surface area contributed by atoms with Gasteiger partial charge in [0.15, 0.2) is 21.3 Å². The molecule has 2 aliphatic heterocycles. The van der Waals surface area contributed by atoms with Gasteiger partial charge in [-0.15, -0.1) is 0 Å². The molecule has 4 heterocycles. The molecule has 40 heavy (non-hydrogen) atoms. The Morgan fingerprint density at radius 2 is 1.77 bits per heavy atom. The van der Waals surface area contributed by atoms with Crippen molar-refractivity contribution in [3.63, 3.8) is 0 Å². The maximum absolute atomic E-state index is 13.3. The Morgan fingerprint density at radius 3 is 2.50 bits per heavy atom. The van der Waals surface area contributed by atoms with Crippen LogP contribution in [0.4, 0.5) is 0 Å². The highest BCUT2D eigenvalue weighted by molar-refractivity contribution is 7.92. The number of aromatic amines is 1. The number of hydrazine groups is 1. The van der Waals surface area contributed by atoms with Crippen molar-refractivity contribution >= 4 is 20.9 Å². The summed E-state index contributed by atoms with van der Waals surface area (Å²) in [5, 5.41) is 11.1. The molecule has 6 rings (SSSR count). The number of aromatic nitrogens is 4. The van der Waals surface area contributed by atoms with Crippen LogP contribution in [0.5, 0.6) is 5.75 Å². The second-order valence-corrected chi connectivity index (χ2v) is 13.1. The molecular weight excluding hydrogens is 526 g/mol. The average molecular weight is 564 g/mol. The van der Waals surface area contributed by atoms with E-state index in [0.717, 1.165) is 54.7 Å². The van der Waals surface area contributed by atoms with Gasteiger partial charge in [0.05, 0.1) is 33.4 Å². The van der Waals surface area contributed by atoms with Gasteiger partial charge in [0.25, 0.3) is 0 Å². The van der Waals surface area contributed by atoms with Gasteiger partial charge in [-0.1, -0.05) is 18.2 Å². The fourth-order valence-electron chi connectivity index (χ4n) is 5.94. The first-order chi connectivity index (χ1) is 19.3. The van der Waals surface area contributed by atoms with Crippen LogP contribution in [-0.2, 0) is 16.3 Å². The van der Waals surface area contributed by atoms with Gasteiger partial charge in [-0.25, -0.2) is 18.4 Å². The molecule has 11 heteroatoms. The summed E-state index contributed by atoms with van der Waals surface area (Å²) in [5.41, 5.74) is 7.14. The quantitative estimate of drug-likeness (QED) is 0.209. The van der Waals surface area contributed by atoms with Crippen molar-refractivity contribution in [2.24, 2.45) is 11.7 Å². The van der Waals surface area contributed by atoms with Crippen molar-refractivity contribution in [1.29, 1.82) is 0 Å². The zero-order chi connectivity index (χ0) is 28.6. The molecule has 0 amide bonds. The molecule has 0 atom stereocenters. The Bertz CT molecular complexity index is 1660. The predicted octanol–water partition coefficient (Wildman–Crippen LogP) is 3.71. The minimum Gasteiger partial charge on any atom is -0.492 e. The van der Waals surface area contributed by atoms with Crippen molar-refractivity contribution in [3.05, 3.63) is 52.7 Å². The monoisotopic (exact) mass is 563 g/mol. The van der Waals surface area contributed by atoms with Gasteiger partial charge >= 0.3 is 0 Å². The second kappa shape index (κ2) is 11.2. The lowest BCUT2D eigenvalue weighted by Gasteiger charge is -2.27. The SMILES string of the molecule is Cc1cc(-c2nc(-c3ccccc3S(=O)(=O)C(C)C)c3c(C)[nH]nc3n2)c2c(c1C1CCNCC1)CCO2.NN. The molecule has 2 aromatic carbocycles. The highest BCUT2D eigenvalue weighted by atomic mass is 32.2. The number of benzene rings is 2. The van der Waals surface area contributed by atoms with Gasteiger partial charge in [-0.05, 0) is 82.8 Å². The third-order valence-electron chi connectivity index (χ3n) is 7.88. The molecule has 0 aliphatic carbocycles. The number of hydrogen-bond donors (Lipinski definition) is 4. The van der Waals surface area contributed by atoms with Crippen molar-refractivity contribution in [1.82, 2.24) is 25.5 Å². The van der Waals surface area contributed by atoms with Gasteiger partial charge < -0.3 is 10.1 Å². The smallest absolute Gasteiger partial charge is 0.185 e. The Morgan fingerprint density at radius 1 is 1.05 bits per heavy atom. The Labute approximate surface area is 234 Å². The van der Waals surface area contributed by atoms with Crippen LogP contribution in [0.1, 0.15) is 55.0 Å². The molecule has 4 aromatic rings. The molecule has 1 saturated heterocycles. The number of H-pyrrole nitrogens is 1. The van der Waals surface area contributed by atoms with Crippen molar-refractivity contribution in [3.8, 4) is 28.4 Å². The Hall–Kier alpha value is -3.38. The molecule has 2 aliphatic rings. The van der Waals surface area contributed by atoms with Crippen molar-refractivity contribution < 1.29 is 13.2 Å². The summed E-state index contributed by atoms with van der Waals surface area (Å²) in [6.07, 6.45) is 3.11. The van der Waals surface area contributed by atoms with Gasteiger partial charge in [-0.3, -0.25) is 16.8 Å². The first-order valence-electron chi connectivity index (χ1n) is 13.7. The molecule has 0 radical (unpaired) electrons. The van der Waals surface area contributed by atoms with Gasteiger partial charge in [-0.2, -0.15) is 5.10 Å². The van der Waals surface area contributed by atoms with Crippen LogP contribution < -0.4 is 21.7 Å². The lowest BCUT2D eigenvalue weighted by Crippen LogP contribution is -2.27. The molecule has 0 unspecified atom stereocenters. The maximum Gasteiger partial charge on any atom is 0.185 e. The van der Waals surface area contributed by atoms with E-state index in [-0.39, 0.29) is 4.90 Å². The number of hydrogen-bond acceptors (Lipinski definition) is 9. The zero-order valence-electron chi connectivity index (χ0n) is 23.4. The van der Waals surface area contributed by atoms with Gasteiger partial charge in [0.2, 0.25) is 0 Å². The Kier molecular flexibility index (Phi) is 7.92. The molecule has 0 spiro atoms. The second-order valence-electron chi connectivity index (χ2n) is 10.6. The van der Waals surface area contributed by atoms with E-state index in [1.54, 1.807) is 26.0 Å². The molecule has 212 valence electrons. The van der Waals surface area contributed by atoms with E-state index in [1.807, 2.05) is 19.1 Å². The van der Waals surface area contributed by atoms with Crippen molar-refractivity contribution in [2.75, 3.05) is 19.7 Å². The first kappa shape index (κ1) is 28.2. The number of nitrogens with zero attached hydrogens (tertiary/aromatic N) is 3. The molecule has 6 N–H and O–H groups in total. The summed E-state index contributed by atoms with van der Waals surface area (Å²) in [6, 6.07) is 9.22. The van der Waals surface area contributed by atoms with Crippen LogP contribution in [0, 0.1) is 13.8 Å². The minimum atomic E-state index is -3.55. The number of piperidine rings is 1. The fraction of sp³-hybridized carbons (Fsp3) is 0.414. The van der Waals surface area contributed by atoms with Crippen molar-refractivity contribution in [2.45, 2.75) is 63.0 Å². The number of nitrogens with two attached hydrogens (primary N) is 2. The molecule has 0 bridgehead atoms. The van der Waals surface area contributed by atoms with Crippen LogP contribution in [0.3, 0.4) is 0 Å². The zero-order valence-corrected chi connectivity index (χ0v) is 24.2. The summed E-state index contributed by atoms with van der Waals surface area (Å²) < 4.78 is 32.9. The van der Waals surface area contributed by atoms with Gasteiger partial charge in [0.1, 0.15) is 5.75 Å². The van der Waals surface area contributed by atoms with Gasteiger partial charge in [0, 0.05) is 23.2 Å². The van der Waals surface area contributed by atoms with Crippen LogP contribution in [0.2, 0.25) is 0 Å². The Balaban J connectivity index is 0.00000158. The normalized spacial score (nSPS) is 15.6. The summed E-state index contributed by atoms with van der Waals surface area (Å²) >= 11 is 0. The number of nitrogens with one attached hydrogen (secondary N) is 2. The number of sulfone groups is 1. The predicted molar refractivity (Wildman–Crippen MR) is 157 cm³/mol. The fourth-order valence-corrected chi connectivity index (χ4v) is 7.19. The van der Waals surface area contributed by atoms with Crippen LogP contribution in [0.15, 0.2) is 35.2 Å². The number of aryl methyl sites for hydroxylation is 2. The van der Waals surface area contributed by atoms with E-state index in [9.17, 15) is 8.42 Å². The lowest BCUT2D eigenvalue weighted by molar-refractivity contribution is 0.358. The van der Waals surface area contributed by atoms with E-state index in [2.05, 4.69) is 40.2 Å². The third-order valence-corrected chi connectivity index (χ3v) is 10.1. The highest BCUT2D eigenvalue weighted by Gasteiger charge is 2.31. The molecular formula is C29H37N7O3S. The average Bonchev–Trinajstić information content (AvgIpc) is 3.60. The minimum absolute atomic E-state index is 0.264. The molecule has 0 saturated carbocycles. The largest absolute Gasteiger partial charge is 0.492 e. The van der Waals surface area contributed by atoms with E-state index in [4.69, 9.17) is 14.7 Å². The lowest BCUT2D eigenvalue weighted by atomic mass is 9.82. The summed E-state index contributed by atoms with van der Waals surface area (Å²) in [5.74, 6) is 9.86. The number of fused-ring (bicyclic) bond motifs is 2. The molecule has 2 aromatic heterocycles. The molecule has 1 fully saturated rings. The number of ether oxygens (including phenoxy) is 1. The van der Waals surface area contributed by atoms with Crippen LogP contribution >= 0.6 is 0 Å². The summed E-state index contributed by atoms with van der Waals surface area (Å²) in [4.78, 5) is 10.2. The number of rotatable bonds is 5. The first-order valence-corrected chi connectivity index (χ1v) is 15.2.